The zero-order valence-electron chi connectivity index (χ0n) is 34.5. The number of carbonyl (C=O) groups excluding carboxylic acids is 2. The predicted molar refractivity (Wildman–Crippen MR) is 223 cm³/mol. The number of aliphatic hydroxyl groups is 3. The smallest absolute Gasteiger partial charge is 0.351 e. The first kappa shape index (κ1) is 45.8. The second kappa shape index (κ2) is 19.1. The van der Waals surface area contributed by atoms with Gasteiger partial charge in [0.05, 0.1) is 25.0 Å². The molecule has 0 spiro atoms. The Bertz CT molecular complexity index is 1820. The molecule has 0 aromatic carbocycles. The van der Waals surface area contributed by atoms with Crippen molar-refractivity contribution in [3.8, 4) is 0 Å². The van der Waals surface area contributed by atoms with E-state index in [1.807, 2.05) is 6.08 Å². The Morgan fingerprint density at radius 2 is 1.80 bits per heavy atom. The van der Waals surface area contributed by atoms with Gasteiger partial charge in [-0.1, -0.05) is 84.7 Å². The summed E-state index contributed by atoms with van der Waals surface area (Å²) < 4.78 is 46.2. The van der Waals surface area contributed by atoms with Gasteiger partial charge in [0.25, 0.3) is 0 Å². The van der Waals surface area contributed by atoms with Crippen molar-refractivity contribution in [2.45, 2.75) is 141 Å². The number of aliphatic hydroxyl groups excluding tert-OH is 3. The van der Waals surface area contributed by atoms with E-state index in [4.69, 9.17) is 19.9 Å². The van der Waals surface area contributed by atoms with Crippen molar-refractivity contribution in [3.63, 3.8) is 0 Å². The minimum atomic E-state index is -3.85. The van der Waals surface area contributed by atoms with Crippen molar-refractivity contribution in [1.82, 2.24) is 9.55 Å². The number of anilines is 1. The average Bonchev–Trinajstić information content (AvgIpc) is 3.93. The largest absolute Gasteiger partial charge is 0.463 e. The van der Waals surface area contributed by atoms with Crippen molar-refractivity contribution < 1.29 is 47.9 Å². The Labute approximate surface area is 353 Å². The molecule has 2 heterocycles. The molecule has 10 atom stereocenters. The molecule has 4 aliphatic carbocycles. The van der Waals surface area contributed by atoms with Crippen LogP contribution in [-0.4, -0.2) is 91.4 Å². The summed E-state index contributed by atoms with van der Waals surface area (Å²) in [5, 5.41) is 31.7. The molecule has 59 heavy (non-hydrogen) atoms. The van der Waals surface area contributed by atoms with Crippen LogP contribution >= 0.6 is 21.6 Å². The van der Waals surface area contributed by atoms with Crippen LogP contribution in [-0.2, 0) is 23.8 Å². The van der Waals surface area contributed by atoms with Crippen molar-refractivity contribution in [2.24, 2.45) is 34.5 Å². The number of nitrogens with two attached hydrogens (primary N) is 1. The maximum Gasteiger partial charge on any atom is 0.351 e. The molecular weight excluding hydrogens is 805 g/mol. The van der Waals surface area contributed by atoms with Gasteiger partial charge >= 0.3 is 23.6 Å². The van der Waals surface area contributed by atoms with Crippen molar-refractivity contribution in [1.29, 1.82) is 0 Å². The first-order valence-electron chi connectivity index (χ1n) is 21.0. The number of aromatic nitrogens is 2. The summed E-state index contributed by atoms with van der Waals surface area (Å²) >= 11 is 0. The van der Waals surface area contributed by atoms with Crippen LogP contribution in [0.2, 0.25) is 0 Å². The van der Waals surface area contributed by atoms with Gasteiger partial charge in [-0.25, -0.2) is 4.79 Å². The van der Waals surface area contributed by atoms with Crippen LogP contribution in [0.5, 0.6) is 0 Å². The number of ether oxygens (including phenoxy) is 3. The molecule has 6 rings (SSSR count). The van der Waals surface area contributed by atoms with Crippen LogP contribution in [0.1, 0.15) is 105 Å². The minimum absolute atomic E-state index is 0.0461. The number of allylic oxidation sites excluding steroid dienone is 4. The number of rotatable bonds is 16. The summed E-state index contributed by atoms with van der Waals surface area (Å²) in [5.41, 5.74) is 6.64. The summed E-state index contributed by atoms with van der Waals surface area (Å²) in [6, 6.07) is 1.15. The topological polar surface area (TPSA) is 183 Å². The quantitative estimate of drug-likeness (QED) is 0.0608. The Kier molecular flexibility index (Phi) is 14.8. The number of carbonyl (C=O) groups is 2. The second-order valence-electron chi connectivity index (χ2n) is 17.9. The van der Waals surface area contributed by atoms with Crippen LogP contribution in [0.25, 0.3) is 0 Å². The van der Waals surface area contributed by atoms with Gasteiger partial charge in [-0.05, 0) is 80.1 Å². The zero-order chi connectivity index (χ0) is 42.7. The lowest BCUT2D eigenvalue weighted by Crippen LogP contribution is -2.42. The van der Waals surface area contributed by atoms with E-state index in [-0.39, 0.29) is 36.1 Å². The molecule has 0 radical (unpaired) electrons. The molecular formula is C43H61F2N3O9S2. The van der Waals surface area contributed by atoms with Gasteiger partial charge in [0, 0.05) is 36.0 Å². The molecule has 12 nitrogen and oxygen atoms in total. The SMILES string of the molecule is C[C@@H](/C=C/C(O)C1CC1)C1CCC2/C(=C/C=C3/C[C@H](OC(=O)CCSSCCC(=O)OCC4OC(n5ccc(N)nc5=O)C(F)(F)C4O)C[C@H](O)C3(C)C)CCC[C@@]21C. The lowest BCUT2D eigenvalue weighted by Gasteiger charge is -2.44. The van der Waals surface area contributed by atoms with Crippen molar-refractivity contribution in [2.75, 3.05) is 23.8 Å². The summed E-state index contributed by atoms with van der Waals surface area (Å²) in [7, 11) is 2.73. The normalized spacial score (nSPS) is 33.9. The molecule has 0 bridgehead atoms. The van der Waals surface area contributed by atoms with Gasteiger partial charge in [0.2, 0.25) is 6.23 Å². The Balaban J connectivity index is 0.916. The van der Waals surface area contributed by atoms with Gasteiger partial charge in [-0.3, -0.25) is 14.2 Å². The van der Waals surface area contributed by atoms with Crippen LogP contribution in [0.3, 0.4) is 0 Å². The molecule has 6 unspecified atom stereocenters. The molecule has 1 aromatic rings. The first-order chi connectivity index (χ1) is 27.9. The van der Waals surface area contributed by atoms with E-state index in [2.05, 4.69) is 50.9 Å². The van der Waals surface area contributed by atoms with Crippen LogP contribution < -0.4 is 11.4 Å². The summed E-state index contributed by atoms with van der Waals surface area (Å²) in [6.45, 7) is 8.23. The number of fused-ring (bicyclic) bond motifs is 1. The molecule has 0 amide bonds. The minimum Gasteiger partial charge on any atom is -0.463 e. The van der Waals surface area contributed by atoms with E-state index < -0.39 is 60.2 Å². The van der Waals surface area contributed by atoms with E-state index in [0.717, 1.165) is 49.9 Å². The third-order valence-electron chi connectivity index (χ3n) is 13.5. The molecule has 1 aliphatic heterocycles. The number of hydrogen-bond acceptors (Lipinski definition) is 13. The molecule has 1 saturated heterocycles. The number of nitrogen functional groups attached to an aromatic ring is 1. The third-order valence-corrected chi connectivity index (χ3v) is 15.9. The number of halogens is 2. The molecule has 5 fully saturated rings. The van der Waals surface area contributed by atoms with Crippen LogP contribution in [0.4, 0.5) is 14.6 Å². The van der Waals surface area contributed by atoms with Gasteiger partial charge in [-0.2, -0.15) is 13.8 Å². The number of esters is 2. The maximum absolute atomic E-state index is 14.7. The van der Waals surface area contributed by atoms with E-state index in [0.29, 0.717) is 52.6 Å². The highest BCUT2D eigenvalue weighted by molar-refractivity contribution is 8.76. The van der Waals surface area contributed by atoms with E-state index in [9.17, 15) is 38.5 Å². The standard InChI is InChI=1S/C43H61F2N3O9S2/c1-25(7-14-32(49)27-8-9-27)30-12-13-31-26(6-5-18-42(30,31)4)10-11-28-22-29(23-34(50)41(28,2)3)56-37(52)17-21-59-58-20-16-36(51)55-24-33-38(53)43(44,45)39(57-33)48-19-15-35(46)47-40(48)54/h7,10-11,14-15,19,25,27,29-34,38-39,49-50,53H,5-6,8-9,12-13,16-18,20-24H2,1-4H3,(H2,46,47,54)/b14-7+,26-10+,28-11-/t25-,29-,30?,31?,32?,33?,34-,38?,39?,42+/m0/s1. The van der Waals surface area contributed by atoms with Gasteiger partial charge in [-0.15, -0.1) is 0 Å². The average molecular weight is 866 g/mol. The monoisotopic (exact) mass is 865 g/mol. The molecule has 4 saturated carbocycles. The Hall–Kier alpha value is -2.76. The van der Waals surface area contributed by atoms with E-state index in [1.54, 1.807) is 0 Å². The lowest BCUT2D eigenvalue weighted by molar-refractivity contribution is -0.152. The molecule has 328 valence electrons. The molecule has 5 aliphatic rings. The summed E-state index contributed by atoms with van der Waals surface area (Å²) in [4.78, 5) is 40.6. The first-order valence-corrected chi connectivity index (χ1v) is 23.5. The van der Waals surface area contributed by atoms with Gasteiger partial charge < -0.3 is 35.3 Å². The lowest BCUT2D eigenvalue weighted by atomic mass is 9.61. The van der Waals surface area contributed by atoms with E-state index in [1.165, 1.54) is 40.0 Å². The molecule has 16 heteroatoms. The highest BCUT2D eigenvalue weighted by atomic mass is 33.1. The Morgan fingerprint density at radius 3 is 2.49 bits per heavy atom. The molecule has 5 N–H and O–H groups in total. The van der Waals surface area contributed by atoms with Gasteiger partial charge in [0.1, 0.15) is 24.6 Å². The summed E-state index contributed by atoms with van der Waals surface area (Å²) in [6.07, 6.45) is 11.3. The molecule has 1 aromatic heterocycles. The van der Waals surface area contributed by atoms with Crippen LogP contribution in [0, 0.1) is 34.5 Å². The van der Waals surface area contributed by atoms with Crippen molar-refractivity contribution >= 4 is 39.3 Å². The highest BCUT2D eigenvalue weighted by Gasteiger charge is 2.60. The fraction of sp³-hybridized carbons (Fsp3) is 0.721. The fourth-order valence-corrected chi connectivity index (χ4v) is 11.6. The van der Waals surface area contributed by atoms with Crippen molar-refractivity contribution in [3.05, 3.63) is 58.2 Å². The maximum atomic E-state index is 14.7. The number of alkyl halides is 2. The number of hydrogen-bond donors (Lipinski definition) is 4. The Morgan fingerprint density at radius 1 is 1.08 bits per heavy atom. The zero-order valence-corrected chi connectivity index (χ0v) is 36.1. The number of nitrogens with zero attached hydrogens (tertiary/aromatic N) is 2. The summed E-state index contributed by atoms with van der Waals surface area (Å²) in [5.74, 6) is -2.37. The van der Waals surface area contributed by atoms with E-state index >= 15 is 0 Å². The second-order valence-corrected chi connectivity index (χ2v) is 20.6. The van der Waals surface area contributed by atoms with Gasteiger partial charge in [0.15, 0.2) is 6.10 Å². The highest BCUT2D eigenvalue weighted by Crippen LogP contribution is 2.59. The van der Waals surface area contributed by atoms with Crippen LogP contribution in [0.15, 0.2) is 52.5 Å². The fourth-order valence-electron chi connectivity index (χ4n) is 9.66. The third kappa shape index (κ3) is 10.7. The predicted octanol–water partition coefficient (Wildman–Crippen LogP) is 6.55.